The predicted molar refractivity (Wildman–Crippen MR) is 98.1 cm³/mol. The number of rotatable bonds is 4. The van der Waals surface area contributed by atoms with Gasteiger partial charge >= 0.3 is 5.63 Å². The van der Waals surface area contributed by atoms with E-state index in [1.54, 1.807) is 24.3 Å². The molecule has 0 aliphatic heterocycles. The van der Waals surface area contributed by atoms with E-state index in [4.69, 9.17) is 16.0 Å². The first-order chi connectivity index (χ1) is 12.0. The summed E-state index contributed by atoms with van der Waals surface area (Å²) in [5.41, 5.74) is 4.82. The van der Waals surface area contributed by atoms with Gasteiger partial charge in [0.25, 0.3) is 0 Å². The van der Waals surface area contributed by atoms with Crippen molar-refractivity contribution in [2.45, 2.75) is 13.3 Å². The van der Waals surface area contributed by atoms with Crippen LogP contribution in [-0.4, -0.2) is 12.1 Å². The number of nitrogens with one attached hydrogen (secondary N) is 1. The van der Waals surface area contributed by atoms with Crippen molar-refractivity contribution in [3.8, 4) is 0 Å². The summed E-state index contributed by atoms with van der Waals surface area (Å²) in [7, 11) is 0. The maximum Gasteiger partial charge on any atom is 0.336 e. The number of hydrazone groups is 1. The second-order valence-electron chi connectivity index (χ2n) is 5.62. The Hall–Kier alpha value is -2.92. The second kappa shape index (κ2) is 7.32. The molecule has 0 radical (unpaired) electrons. The largest absolute Gasteiger partial charge is 0.423 e. The van der Waals surface area contributed by atoms with Gasteiger partial charge in [0, 0.05) is 16.5 Å². The van der Waals surface area contributed by atoms with Crippen LogP contribution >= 0.6 is 11.6 Å². The lowest BCUT2D eigenvalue weighted by Gasteiger charge is -2.05. The molecule has 0 unspecified atom stereocenters. The summed E-state index contributed by atoms with van der Waals surface area (Å²) in [4.78, 5) is 23.8. The maximum absolute atomic E-state index is 12.1. The van der Waals surface area contributed by atoms with E-state index in [0.717, 1.165) is 16.5 Å². The van der Waals surface area contributed by atoms with Crippen molar-refractivity contribution >= 4 is 34.7 Å². The van der Waals surface area contributed by atoms with Crippen molar-refractivity contribution in [3.63, 3.8) is 0 Å². The first-order valence-electron chi connectivity index (χ1n) is 7.62. The first kappa shape index (κ1) is 16.9. The van der Waals surface area contributed by atoms with Crippen LogP contribution in [0.3, 0.4) is 0 Å². The highest BCUT2D eigenvalue weighted by Gasteiger charge is 2.10. The number of fused-ring (bicyclic) bond motifs is 1. The number of halogens is 1. The summed E-state index contributed by atoms with van der Waals surface area (Å²) in [6, 6.07) is 13.9. The number of hydrogen-bond acceptors (Lipinski definition) is 4. The van der Waals surface area contributed by atoms with E-state index in [1.165, 1.54) is 12.3 Å². The summed E-state index contributed by atoms with van der Waals surface area (Å²) >= 11 is 5.89. The molecular weight excluding hydrogens is 340 g/mol. The third kappa shape index (κ3) is 4.33. The summed E-state index contributed by atoms with van der Waals surface area (Å²) in [6.45, 7) is 1.93. The molecular formula is C19H15ClN2O3. The zero-order chi connectivity index (χ0) is 17.8. The minimum atomic E-state index is -0.485. The normalized spacial score (nSPS) is 11.1. The third-order valence-electron chi connectivity index (χ3n) is 3.59. The second-order valence-corrected chi connectivity index (χ2v) is 6.05. The van der Waals surface area contributed by atoms with Crippen LogP contribution in [0.15, 0.2) is 62.8 Å². The van der Waals surface area contributed by atoms with Crippen molar-refractivity contribution < 1.29 is 9.21 Å². The molecule has 1 aromatic heterocycles. The average Bonchev–Trinajstić information content (AvgIpc) is 2.55. The van der Waals surface area contributed by atoms with Gasteiger partial charge in [0.15, 0.2) is 0 Å². The van der Waals surface area contributed by atoms with Crippen molar-refractivity contribution in [1.82, 2.24) is 5.43 Å². The van der Waals surface area contributed by atoms with E-state index in [0.29, 0.717) is 16.2 Å². The smallest absolute Gasteiger partial charge is 0.336 e. The van der Waals surface area contributed by atoms with Crippen LogP contribution in [0.2, 0.25) is 5.02 Å². The van der Waals surface area contributed by atoms with Gasteiger partial charge in [-0.3, -0.25) is 4.79 Å². The summed E-state index contributed by atoms with van der Waals surface area (Å²) in [6.07, 6.45) is 1.53. The van der Waals surface area contributed by atoms with E-state index < -0.39 is 5.63 Å². The van der Waals surface area contributed by atoms with Crippen LogP contribution in [0.1, 0.15) is 16.7 Å². The van der Waals surface area contributed by atoms with Gasteiger partial charge in [-0.1, -0.05) is 35.4 Å². The van der Waals surface area contributed by atoms with E-state index in [1.807, 2.05) is 25.1 Å². The lowest BCUT2D eigenvalue weighted by atomic mass is 10.1. The molecule has 6 heteroatoms. The number of carbonyl (C=O) groups is 1. The Morgan fingerprint density at radius 1 is 1.24 bits per heavy atom. The van der Waals surface area contributed by atoms with Gasteiger partial charge < -0.3 is 4.42 Å². The molecule has 0 bridgehead atoms. The predicted octanol–water partition coefficient (Wildman–Crippen LogP) is 3.45. The van der Waals surface area contributed by atoms with Gasteiger partial charge in [0.05, 0.1) is 12.6 Å². The Bertz CT molecular complexity index is 1020. The number of nitrogens with zero attached hydrogens (tertiary/aromatic N) is 1. The molecule has 0 saturated carbocycles. The number of aryl methyl sites for hydroxylation is 1. The van der Waals surface area contributed by atoms with Gasteiger partial charge in [-0.05, 0) is 42.3 Å². The fourth-order valence-corrected chi connectivity index (χ4v) is 2.66. The number of amides is 1. The lowest BCUT2D eigenvalue weighted by molar-refractivity contribution is -0.120. The van der Waals surface area contributed by atoms with Gasteiger partial charge in [-0.25, -0.2) is 10.2 Å². The Kier molecular flexibility index (Phi) is 4.95. The molecule has 25 heavy (non-hydrogen) atoms. The van der Waals surface area contributed by atoms with Crippen molar-refractivity contribution in [2.24, 2.45) is 5.10 Å². The van der Waals surface area contributed by atoms with Crippen LogP contribution < -0.4 is 11.1 Å². The lowest BCUT2D eigenvalue weighted by Crippen LogP contribution is -2.20. The molecule has 2 aromatic carbocycles. The average molecular weight is 355 g/mol. The van der Waals surface area contributed by atoms with Crippen LogP contribution in [0.25, 0.3) is 11.0 Å². The van der Waals surface area contributed by atoms with Gasteiger partial charge in [-0.2, -0.15) is 5.10 Å². The molecule has 126 valence electrons. The molecule has 0 aliphatic rings. The Morgan fingerprint density at radius 3 is 2.88 bits per heavy atom. The summed E-state index contributed by atoms with van der Waals surface area (Å²) in [5, 5.41) is 5.25. The molecule has 3 rings (SSSR count). The maximum atomic E-state index is 12.1. The minimum absolute atomic E-state index is 0.0262. The van der Waals surface area contributed by atoms with E-state index in [-0.39, 0.29) is 12.3 Å². The molecule has 0 atom stereocenters. The van der Waals surface area contributed by atoms with Gasteiger partial charge in [-0.15, -0.1) is 0 Å². The SMILES string of the molecule is Cc1ccc2oc(=O)cc(CC(=O)N/N=C/c3cccc(Cl)c3)c2c1. The molecule has 1 amide bonds. The van der Waals surface area contributed by atoms with Gasteiger partial charge in [0.2, 0.25) is 5.91 Å². The van der Waals surface area contributed by atoms with Crippen LogP contribution in [-0.2, 0) is 11.2 Å². The minimum Gasteiger partial charge on any atom is -0.423 e. The van der Waals surface area contributed by atoms with Gasteiger partial charge in [0.1, 0.15) is 5.58 Å². The summed E-state index contributed by atoms with van der Waals surface area (Å²) in [5.74, 6) is -0.327. The molecule has 1 heterocycles. The van der Waals surface area contributed by atoms with Crippen molar-refractivity contribution in [1.29, 1.82) is 0 Å². The molecule has 1 N–H and O–H groups in total. The van der Waals surface area contributed by atoms with E-state index in [9.17, 15) is 9.59 Å². The quantitative estimate of drug-likeness (QED) is 0.443. The molecule has 0 saturated heterocycles. The summed E-state index contributed by atoms with van der Waals surface area (Å²) < 4.78 is 5.16. The highest BCUT2D eigenvalue weighted by Crippen LogP contribution is 2.19. The van der Waals surface area contributed by atoms with E-state index in [2.05, 4.69) is 10.5 Å². The Morgan fingerprint density at radius 2 is 2.08 bits per heavy atom. The Labute approximate surface area is 148 Å². The molecule has 0 spiro atoms. The Balaban J connectivity index is 1.76. The fraction of sp³-hybridized carbons (Fsp3) is 0.105. The van der Waals surface area contributed by atoms with Crippen molar-refractivity contribution in [3.05, 3.63) is 80.7 Å². The zero-order valence-corrected chi connectivity index (χ0v) is 14.2. The number of carbonyl (C=O) groups excluding carboxylic acids is 1. The monoisotopic (exact) mass is 354 g/mol. The van der Waals surface area contributed by atoms with E-state index >= 15 is 0 Å². The third-order valence-corrected chi connectivity index (χ3v) is 3.82. The highest BCUT2D eigenvalue weighted by atomic mass is 35.5. The molecule has 3 aromatic rings. The first-order valence-corrected chi connectivity index (χ1v) is 8.00. The van der Waals surface area contributed by atoms with Crippen LogP contribution in [0.5, 0.6) is 0 Å². The number of benzene rings is 2. The standard InChI is InChI=1S/C19H15ClN2O3/c1-12-5-6-17-16(7-12)14(10-19(24)25-17)9-18(23)22-21-11-13-3-2-4-15(20)8-13/h2-8,10-11H,9H2,1H3,(H,22,23)/b21-11+. The topological polar surface area (TPSA) is 71.7 Å². The fourth-order valence-electron chi connectivity index (χ4n) is 2.47. The molecule has 0 fully saturated rings. The van der Waals surface area contributed by atoms with Crippen LogP contribution in [0, 0.1) is 6.92 Å². The number of hydrogen-bond donors (Lipinski definition) is 1. The van der Waals surface area contributed by atoms with Crippen molar-refractivity contribution in [2.75, 3.05) is 0 Å². The van der Waals surface area contributed by atoms with Crippen LogP contribution in [0.4, 0.5) is 0 Å². The molecule has 0 aliphatic carbocycles. The molecule has 5 nitrogen and oxygen atoms in total. The highest BCUT2D eigenvalue weighted by molar-refractivity contribution is 6.30. The zero-order valence-electron chi connectivity index (χ0n) is 13.5.